The molecule has 0 amide bonds. The number of rotatable bonds is 4. The largest absolute Gasteiger partial charge is 0.467 e. The van der Waals surface area contributed by atoms with Crippen LogP contribution in [0.3, 0.4) is 0 Å². The molecule has 2 rings (SSSR count). The van der Waals surface area contributed by atoms with Gasteiger partial charge in [0.15, 0.2) is 5.96 Å². The lowest BCUT2D eigenvalue weighted by atomic mass is 10.1. The Balaban J connectivity index is 2.01. The minimum atomic E-state index is 0.603. The van der Waals surface area contributed by atoms with Crippen molar-refractivity contribution < 1.29 is 4.42 Å². The quantitative estimate of drug-likeness (QED) is 0.685. The molecule has 0 bridgehead atoms. The van der Waals surface area contributed by atoms with Crippen molar-refractivity contribution in [1.29, 1.82) is 0 Å². The van der Waals surface area contributed by atoms with Gasteiger partial charge in [0, 0.05) is 30.6 Å². The first kappa shape index (κ1) is 15.3. The van der Waals surface area contributed by atoms with Crippen LogP contribution >= 0.6 is 11.8 Å². The number of hydrogen-bond donors (Lipinski definition) is 1. The lowest BCUT2D eigenvalue weighted by Gasteiger charge is -2.36. The molecule has 1 aromatic heterocycles. The van der Waals surface area contributed by atoms with Crippen molar-refractivity contribution in [2.75, 3.05) is 25.4 Å². The molecular weight excluding hydrogens is 270 g/mol. The molecule has 1 unspecified atom stereocenters. The third-order valence-corrected chi connectivity index (χ3v) is 4.98. The minimum Gasteiger partial charge on any atom is -0.467 e. The van der Waals surface area contributed by atoms with E-state index >= 15 is 0 Å². The van der Waals surface area contributed by atoms with Gasteiger partial charge in [-0.1, -0.05) is 13.8 Å². The van der Waals surface area contributed by atoms with Gasteiger partial charge in [-0.25, -0.2) is 4.99 Å². The highest BCUT2D eigenvalue weighted by Crippen LogP contribution is 2.24. The summed E-state index contributed by atoms with van der Waals surface area (Å²) in [5, 5.41) is 4.09. The highest BCUT2D eigenvalue weighted by molar-refractivity contribution is 8.00. The van der Waals surface area contributed by atoms with Gasteiger partial charge in [0.25, 0.3) is 0 Å². The molecule has 0 spiro atoms. The summed E-state index contributed by atoms with van der Waals surface area (Å²) in [7, 11) is 0. The van der Waals surface area contributed by atoms with Crippen LogP contribution in [-0.2, 0) is 6.54 Å². The molecule has 0 radical (unpaired) electrons. The second-order valence-electron chi connectivity index (χ2n) is 5.35. The molecule has 1 saturated heterocycles. The fourth-order valence-electron chi connectivity index (χ4n) is 2.25. The van der Waals surface area contributed by atoms with Crippen LogP contribution in [0, 0.1) is 5.92 Å². The van der Waals surface area contributed by atoms with Crippen LogP contribution in [0.5, 0.6) is 0 Å². The first-order chi connectivity index (χ1) is 9.70. The van der Waals surface area contributed by atoms with E-state index in [2.05, 4.69) is 42.7 Å². The average Bonchev–Trinajstić information content (AvgIpc) is 2.97. The van der Waals surface area contributed by atoms with Crippen LogP contribution < -0.4 is 5.32 Å². The van der Waals surface area contributed by atoms with Crippen LogP contribution in [0.4, 0.5) is 0 Å². The van der Waals surface area contributed by atoms with Gasteiger partial charge < -0.3 is 14.6 Å². The Morgan fingerprint density at radius 3 is 3.10 bits per heavy atom. The van der Waals surface area contributed by atoms with Crippen LogP contribution in [0.15, 0.2) is 27.8 Å². The van der Waals surface area contributed by atoms with Crippen molar-refractivity contribution in [3.63, 3.8) is 0 Å². The second-order valence-corrected chi connectivity index (χ2v) is 6.70. The number of nitrogens with zero attached hydrogens (tertiary/aromatic N) is 2. The SMILES string of the molecule is CCNC(=NCc1ccco1)N1CCSC(C(C)C)C1. The van der Waals surface area contributed by atoms with E-state index in [0.717, 1.165) is 31.4 Å². The van der Waals surface area contributed by atoms with Gasteiger partial charge >= 0.3 is 0 Å². The number of nitrogens with one attached hydrogen (secondary N) is 1. The maximum atomic E-state index is 5.35. The Hall–Kier alpha value is -1.10. The molecule has 2 heterocycles. The van der Waals surface area contributed by atoms with Crippen LogP contribution in [0.2, 0.25) is 0 Å². The molecule has 1 aromatic rings. The Morgan fingerprint density at radius 1 is 1.60 bits per heavy atom. The molecule has 5 heteroatoms. The van der Waals surface area contributed by atoms with Crippen molar-refractivity contribution in [1.82, 2.24) is 10.2 Å². The topological polar surface area (TPSA) is 40.8 Å². The molecule has 112 valence electrons. The van der Waals surface area contributed by atoms with E-state index in [1.807, 2.05) is 12.1 Å². The number of furan rings is 1. The average molecular weight is 295 g/mol. The van der Waals surface area contributed by atoms with Crippen molar-refractivity contribution in [2.45, 2.75) is 32.6 Å². The van der Waals surface area contributed by atoms with E-state index < -0.39 is 0 Å². The van der Waals surface area contributed by atoms with E-state index in [-0.39, 0.29) is 0 Å². The molecule has 1 atom stereocenters. The molecule has 20 heavy (non-hydrogen) atoms. The Morgan fingerprint density at radius 2 is 2.45 bits per heavy atom. The predicted molar refractivity (Wildman–Crippen MR) is 86.2 cm³/mol. The first-order valence-corrected chi connectivity index (χ1v) is 8.42. The molecule has 1 aliphatic heterocycles. The zero-order valence-corrected chi connectivity index (χ0v) is 13.4. The molecule has 0 saturated carbocycles. The lowest BCUT2D eigenvalue weighted by Crippen LogP contribution is -2.49. The maximum Gasteiger partial charge on any atom is 0.194 e. The maximum absolute atomic E-state index is 5.35. The van der Waals surface area contributed by atoms with E-state index in [1.54, 1.807) is 6.26 Å². The Kier molecular flexibility index (Phi) is 5.83. The fraction of sp³-hybridized carbons (Fsp3) is 0.667. The zero-order valence-electron chi connectivity index (χ0n) is 12.6. The van der Waals surface area contributed by atoms with Gasteiger partial charge in [-0.05, 0) is 25.0 Å². The smallest absolute Gasteiger partial charge is 0.194 e. The summed E-state index contributed by atoms with van der Waals surface area (Å²) in [4.78, 5) is 7.08. The summed E-state index contributed by atoms with van der Waals surface area (Å²) < 4.78 is 5.35. The van der Waals surface area contributed by atoms with Gasteiger partial charge in [0.05, 0.1) is 6.26 Å². The third-order valence-electron chi connectivity index (χ3n) is 3.44. The van der Waals surface area contributed by atoms with E-state index in [0.29, 0.717) is 17.7 Å². The van der Waals surface area contributed by atoms with Gasteiger partial charge in [-0.2, -0.15) is 11.8 Å². The van der Waals surface area contributed by atoms with Crippen LogP contribution in [-0.4, -0.2) is 41.5 Å². The fourth-order valence-corrected chi connectivity index (χ4v) is 3.55. The van der Waals surface area contributed by atoms with E-state index in [9.17, 15) is 0 Å². The summed E-state index contributed by atoms with van der Waals surface area (Å²) >= 11 is 2.08. The van der Waals surface area contributed by atoms with Crippen molar-refractivity contribution in [3.05, 3.63) is 24.2 Å². The summed E-state index contributed by atoms with van der Waals surface area (Å²) in [5.41, 5.74) is 0. The Labute approximate surface area is 126 Å². The normalized spacial score (nSPS) is 20.5. The Bertz CT molecular complexity index is 417. The second kappa shape index (κ2) is 7.62. The number of aliphatic imine (C=N–C) groups is 1. The standard InChI is InChI=1S/C15H25N3OS/c1-4-16-15(17-10-13-6-5-8-19-13)18-7-9-20-14(11-18)12(2)3/h5-6,8,12,14H,4,7,9-11H2,1-3H3,(H,16,17). The molecular formula is C15H25N3OS. The van der Waals surface area contributed by atoms with Gasteiger partial charge in [0.1, 0.15) is 12.3 Å². The summed E-state index contributed by atoms with van der Waals surface area (Å²) in [6.45, 7) is 10.4. The minimum absolute atomic E-state index is 0.603. The number of guanidine groups is 1. The highest BCUT2D eigenvalue weighted by atomic mass is 32.2. The molecule has 1 N–H and O–H groups in total. The van der Waals surface area contributed by atoms with Gasteiger partial charge in [-0.15, -0.1) is 0 Å². The highest BCUT2D eigenvalue weighted by Gasteiger charge is 2.24. The lowest BCUT2D eigenvalue weighted by molar-refractivity contribution is 0.380. The number of hydrogen-bond acceptors (Lipinski definition) is 3. The predicted octanol–water partition coefficient (Wildman–Crippen LogP) is 2.82. The molecule has 4 nitrogen and oxygen atoms in total. The van der Waals surface area contributed by atoms with Crippen molar-refractivity contribution in [2.24, 2.45) is 10.9 Å². The van der Waals surface area contributed by atoms with E-state index in [4.69, 9.17) is 9.41 Å². The van der Waals surface area contributed by atoms with Gasteiger partial charge in [0.2, 0.25) is 0 Å². The molecule has 0 aliphatic carbocycles. The molecule has 0 aromatic carbocycles. The van der Waals surface area contributed by atoms with Crippen LogP contribution in [0.25, 0.3) is 0 Å². The summed E-state index contributed by atoms with van der Waals surface area (Å²) in [6, 6.07) is 3.88. The summed E-state index contributed by atoms with van der Waals surface area (Å²) in [6.07, 6.45) is 1.70. The molecule has 1 fully saturated rings. The summed E-state index contributed by atoms with van der Waals surface area (Å²) in [5.74, 6) is 3.80. The molecule has 1 aliphatic rings. The number of thioether (sulfide) groups is 1. The third kappa shape index (κ3) is 4.20. The van der Waals surface area contributed by atoms with Crippen molar-refractivity contribution in [3.8, 4) is 0 Å². The first-order valence-electron chi connectivity index (χ1n) is 7.38. The zero-order chi connectivity index (χ0) is 14.4. The van der Waals surface area contributed by atoms with Gasteiger partial charge in [-0.3, -0.25) is 0 Å². The van der Waals surface area contributed by atoms with E-state index in [1.165, 1.54) is 5.75 Å². The van der Waals surface area contributed by atoms with Crippen molar-refractivity contribution >= 4 is 17.7 Å². The monoisotopic (exact) mass is 295 g/mol. The van der Waals surface area contributed by atoms with Crippen LogP contribution in [0.1, 0.15) is 26.5 Å².